The van der Waals surface area contributed by atoms with Gasteiger partial charge in [-0.15, -0.1) is 0 Å². The fourth-order valence-corrected chi connectivity index (χ4v) is 4.64. The highest BCUT2D eigenvalue weighted by Crippen LogP contribution is 2.21. The highest BCUT2D eigenvalue weighted by Gasteiger charge is 2.17. The van der Waals surface area contributed by atoms with Gasteiger partial charge < -0.3 is 10.3 Å². The third-order valence-corrected chi connectivity index (χ3v) is 6.41. The van der Waals surface area contributed by atoms with Gasteiger partial charge in [-0.05, 0) is 67.4 Å². The third-order valence-electron chi connectivity index (χ3n) is 4.89. The second kappa shape index (κ2) is 8.23. The largest absolute Gasteiger partial charge is 0.345 e. The number of carbonyl (C=O) groups is 1. The molecule has 0 unspecified atom stereocenters. The van der Waals surface area contributed by atoms with E-state index in [-0.39, 0.29) is 17.3 Å². The zero-order chi connectivity index (χ0) is 22.0. The van der Waals surface area contributed by atoms with E-state index in [0.29, 0.717) is 22.6 Å². The number of para-hydroxylation sites is 2. The topological polar surface area (TPSA) is 104 Å². The molecule has 3 N–H and O–H groups in total. The Labute approximate surface area is 180 Å². The van der Waals surface area contributed by atoms with Gasteiger partial charge in [0.15, 0.2) is 0 Å². The predicted octanol–water partition coefficient (Wildman–Crippen LogP) is 3.91. The van der Waals surface area contributed by atoms with Crippen molar-refractivity contribution in [2.45, 2.75) is 25.3 Å². The molecule has 158 valence electrons. The van der Waals surface area contributed by atoms with Crippen LogP contribution in [0.5, 0.6) is 0 Å². The van der Waals surface area contributed by atoms with Gasteiger partial charge in [0.25, 0.3) is 15.9 Å². The van der Waals surface area contributed by atoms with Crippen molar-refractivity contribution in [1.82, 2.24) is 15.3 Å². The Morgan fingerprint density at radius 1 is 1.00 bits per heavy atom. The van der Waals surface area contributed by atoms with E-state index < -0.39 is 10.0 Å². The Morgan fingerprint density at radius 2 is 1.74 bits per heavy atom. The highest BCUT2D eigenvalue weighted by molar-refractivity contribution is 7.92. The van der Waals surface area contributed by atoms with Crippen molar-refractivity contribution in [2.24, 2.45) is 0 Å². The fraction of sp³-hybridized carbons (Fsp3) is 0.130. The molecular formula is C23H22N4O3S. The molecule has 0 aliphatic carbocycles. The Morgan fingerprint density at radius 3 is 2.48 bits per heavy atom. The van der Waals surface area contributed by atoms with Gasteiger partial charge in [0, 0.05) is 11.3 Å². The number of aryl methyl sites for hydroxylation is 2. The van der Waals surface area contributed by atoms with Crippen LogP contribution in [0.1, 0.15) is 27.3 Å². The van der Waals surface area contributed by atoms with E-state index in [1.165, 1.54) is 0 Å². The van der Waals surface area contributed by atoms with Crippen LogP contribution in [0.4, 0.5) is 5.69 Å². The van der Waals surface area contributed by atoms with E-state index in [2.05, 4.69) is 20.0 Å². The third kappa shape index (κ3) is 4.59. The number of fused-ring (bicyclic) bond motifs is 1. The van der Waals surface area contributed by atoms with E-state index in [0.717, 1.165) is 16.6 Å². The lowest BCUT2D eigenvalue weighted by molar-refractivity contribution is 0.0950. The molecule has 7 nitrogen and oxygen atoms in total. The number of imidazole rings is 1. The Balaban J connectivity index is 1.42. The lowest BCUT2D eigenvalue weighted by Crippen LogP contribution is -2.23. The first kappa shape index (κ1) is 20.6. The maximum Gasteiger partial charge on any atom is 0.262 e. The van der Waals surface area contributed by atoms with Crippen molar-refractivity contribution in [2.75, 3.05) is 4.72 Å². The molecular weight excluding hydrogens is 412 g/mol. The average molecular weight is 435 g/mol. The molecule has 0 aliphatic rings. The van der Waals surface area contributed by atoms with Crippen LogP contribution in [-0.2, 0) is 16.6 Å². The first-order chi connectivity index (χ1) is 14.8. The number of amides is 1. The zero-order valence-electron chi connectivity index (χ0n) is 17.1. The predicted molar refractivity (Wildman–Crippen MR) is 120 cm³/mol. The van der Waals surface area contributed by atoms with Gasteiger partial charge in [0.2, 0.25) is 0 Å². The summed E-state index contributed by atoms with van der Waals surface area (Å²) in [6, 6.07) is 19.2. The van der Waals surface area contributed by atoms with Crippen LogP contribution in [0.15, 0.2) is 71.6 Å². The molecule has 0 saturated heterocycles. The van der Waals surface area contributed by atoms with Gasteiger partial charge in [-0.1, -0.05) is 24.3 Å². The molecule has 1 amide bonds. The number of rotatable bonds is 6. The average Bonchev–Trinajstić information content (AvgIpc) is 3.17. The Kier molecular flexibility index (Phi) is 5.48. The summed E-state index contributed by atoms with van der Waals surface area (Å²) in [6.45, 7) is 3.86. The molecule has 0 aliphatic heterocycles. The molecule has 0 radical (unpaired) electrons. The number of sulfonamides is 1. The molecule has 3 aromatic carbocycles. The van der Waals surface area contributed by atoms with Gasteiger partial charge in [0.1, 0.15) is 5.82 Å². The monoisotopic (exact) mass is 434 g/mol. The fourth-order valence-electron chi connectivity index (χ4n) is 3.25. The standard InChI is InChI=1S/C23H22N4O3S/c1-15-7-8-16(2)21(13-15)31(29,30)27-18-11-9-17(10-12-18)23(28)24-14-22-25-19-5-3-4-6-20(19)26-22/h3-13,27H,14H2,1-2H3,(H,24,28)(H,25,26). The van der Waals surface area contributed by atoms with Crippen molar-refractivity contribution in [3.05, 3.63) is 89.2 Å². The number of carbonyl (C=O) groups excluding carboxylic acids is 1. The van der Waals surface area contributed by atoms with E-state index in [4.69, 9.17) is 0 Å². The Hall–Kier alpha value is -3.65. The molecule has 1 aromatic heterocycles. The van der Waals surface area contributed by atoms with E-state index in [1.54, 1.807) is 43.3 Å². The van der Waals surface area contributed by atoms with Gasteiger partial charge >= 0.3 is 0 Å². The number of hydrogen-bond acceptors (Lipinski definition) is 4. The first-order valence-corrected chi connectivity index (χ1v) is 11.2. The normalized spacial score (nSPS) is 11.4. The molecule has 4 aromatic rings. The Bertz CT molecular complexity index is 1330. The molecule has 0 atom stereocenters. The second-order valence-corrected chi connectivity index (χ2v) is 8.99. The van der Waals surface area contributed by atoms with Gasteiger partial charge in [-0.2, -0.15) is 0 Å². The van der Waals surface area contributed by atoms with E-state index >= 15 is 0 Å². The zero-order valence-corrected chi connectivity index (χ0v) is 18.0. The van der Waals surface area contributed by atoms with Crippen LogP contribution in [0.2, 0.25) is 0 Å². The maximum atomic E-state index is 12.7. The summed E-state index contributed by atoms with van der Waals surface area (Å²) in [7, 11) is -3.72. The van der Waals surface area contributed by atoms with Gasteiger partial charge in [-0.25, -0.2) is 13.4 Å². The van der Waals surface area contributed by atoms with Crippen LogP contribution < -0.4 is 10.0 Å². The van der Waals surface area contributed by atoms with Crippen molar-refractivity contribution in [3.8, 4) is 0 Å². The number of H-pyrrole nitrogens is 1. The van der Waals surface area contributed by atoms with Crippen molar-refractivity contribution in [3.63, 3.8) is 0 Å². The lowest BCUT2D eigenvalue weighted by atomic mass is 10.2. The number of hydrogen-bond donors (Lipinski definition) is 3. The number of nitrogens with zero attached hydrogens (tertiary/aromatic N) is 1. The summed E-state index contributed by atoms with van der Waals surface area (Å²) in [6.07, 6.45) is 0. The summed E-state index contributed by atoms with van der Waals surface area (Å²) in [4.78, 5) is 20.3. The van der Waals surface area contributed by atoms with Gasteiger partial charge in [0.05, 0.1) is 22.5 Å². The molecule has 1 heterocycles. The molecule has 8 heteroatoms. The van der Waals surface area contributed by atoms with Crippen LogP contribution in [0, 0.1) is 13.8 Å². The molecule has 0 bridgehead atoms. The molecule has 0 spiro atoms. The SMILES string of the molecule is Cc1ccc(C)c(S(=O)(=O)Nc2ccc(C(=O)NCc3nc4ccccc4[nH]3)cc2)c1. The number of benzene rings is 3. The van der Waals surface area contributed by atoms with E-state index in [9.17, 15) is 13.2 Å². The second-order valence-electron chi connectivity index (χ2n) is 7.34. The smallest absolute Gasteiger partial charge is 0.262 e. The van der Waals surface area contributed by atoms with Crippen LogP contribution in [-0.4, -0.2) is 24.3 Å². The summed E-state index contributed by atoms with van der Waals surface area (Å²) in [5, 5.41) is 2.81. The number of nitrogens with one attached hydrogen (secondary N) is 3. The lowest BCUT2D eigenvalue weighted by Gasteiger charge is -2.11. The van der Waals surface area contributed by atoms with Crippen LogP contribution in [0.3, 0.4) is 0 Å². The summed E-state index contributed by atoms with van der Waals surface area (Å²) in [5.74, 6) is 0.386. The molecule has 31 heavy (non-hydrogen) atoms. The summed E-state index contributed by atoms with van der Waals surface area (Å²) < 4.78 is 28.0. The van der Waals surface area contributed by atoms with Crippen LogP contribution in [0.25, 0.3) is 11.0 Å². The first-order valence-electron chi connectivity index (χ1n) is 9.74. The van der Waals surface area contributed by atoms with Crippen molar-refractivity contribution >= 4 is 32.7 Å². The number of aromatic amines is 1. The van der Waals surface area contributed by atoms with Crippen LogP contribution >= 0.6 is 0 Å². The summed E-state index contributed by atoms with van der Waals surface area (Å²) in [5.41, 5.74) is 4.09. The minimum absolute atomic E-state index is 0.236. The maximum absolute atomic E-state index is 12.7. The minimum atomic E-state index is -3.72. The van der Waals surface area contributed by atoms with Crippen molar-refractivity contribution in [1.29, 1.82) is 0 Å². The summed E-state index contributed by atoms with van der Waals surface area (Å²) >= 11 is 0. The molecule has 0 fully saturated rings. The molecule has 4 rings (SSSR count). The van der Waals surface area contributed by atoms with Crippen molar-refractivity contribution < 1.29 is 13.2 Å². The van der Waals surface area contributed by atoms with E-state index in [1.807, 2.05) is 37.3 Å². The number of aromatic nitrogens is 2. The number of anilines is 1. The van der Waals surface area contributed by atoms with Gasteiger partial charge in [-0.3, -0.25) is 9.52 Å². The highest BCUT2D eigenvalue weighted by atomic mass is 32.2. The minimum Gasteiger partial charge on any atom is -0.345 e. The quantitative estimate of drug-likeness (QED) is 0.428. The molecule has 0 saturated carbocycles.